The molecule has 0 aliphatic heterocycles. The summed E-state index contributed by atoms with van der Waals surface area (Å²) in [7, 11) is 0. The van der Waals surface area contributed by atoms with E-state index in [-0.39, 0.29) is 18.6 Å². The van der Waals surface area contributed by atoms with Gasteiger partial charge >= 0.3 is 0 Å². The summed E-state index contributed by atoms with van der Waals surface area (Å²) in [6, 6.07) is 5.38. The van der Waals surface area contributed by atoms with Gasteiger partial charge in [0, 0.05) is 11.4 Å². The van der Waals surface area contributed by atoms with E-state index in [4.69, 9.17) is 10.5 Å². The Morgan fingerprint density at radius 3 is 2.75 bits per heavy atom. The van der Waals surface area contributed by atoms with Gasteiger partial charge in [0.25, 0.3) is 0 Å². The third-order valence-corrected chi connectivity index (χ3v) is 2.10. The number of rotatable bonds is 4. The molecule has 0 heterocycles. The zero-order valence-corrected chi connectivity index (χ0v) is 9.91. The second kappa shape index (κ2) is 5.51. The van der Waals surface area contributed by atoms with Crippen LogP contribution in [0.1, 0.15) is 19.4 Å². The van der Waals surface area contributed by atoms with Crippen LogP contribution in [0.15, 0.2) is 18.2 Å². The maximum atomic E-state index is 11.4. The Bertz CT molecular complexity index is 375. The van der Waals surface area contributed by atoms with E-state index in [0.29, 0.717) is 0 Å². The molecule has 0 radical (unpaired) electrons. The van der Waals surface area contributed by atoms with Crippen LogP contribution < -0.4 is 11.1 Å². The van der Waals surface area contributed by atoms with Crippen LogP contribution in [-0.4, -0.2) is 18.6 Å². The molecule has 3 N–H and O–H groups in total. The molecule has 16 heavy (non-hydrogen) atoms. The van der Waals surface area contributed by atoms with Crippen LogP contribution in [0.5, 0.6) is 0 Å². The number of hydrogen-bond acceptors (Lipinski definition) is 3. The maximum absolute atomic E-state index is 11.4. The summed E-state index contributed by atoms with van der Waals surface area (Å²) in [6.45, 7) is 5.75. The number of amides is 1. The topological polar surface area (TPSA) is 64.3 Å². The van der Waals surface area contributed by atoms with Crippen molar-refractivity contribution in [3.8, 4) is 0 Å². The van der Waals surface area contributed by atoms with E-state index in [1.54, 1.807) is 12.1 Å². The Morgan fingerprint density at radius 2 is 2.19 bits per heavy atom. The van der Waals surface area contributed by atoms with E-state index < -0.39 is 0 Å². The zero-order chi connectivity index (χ0) is 12.1. The summed E-state index contributed by atoms with van der Waals surface area (Å²) < 4.78 is 5.19. The average Bonchev–Trinajstić information content (AvgIpc) is 2.21. The summed E-state index contributed by atoms with van der Waals surface area (Å²) in [4.78, 5) is 11.4. The molecular formula is C12H18N2O2. The molecule has 0 spiro atoms. The van der Waals surface area contributed by atoms with Gasteiger partial charge in [0.15, 0.2) is 0 Å². The molecule has 0 aromatic heterocycles. The maximum Gasteiger partial charge on any atom is 0.250 e. The SMILES string of the molecule is Cc1cc(NC(=O)COC(C)C)ccc1N. The lowest BCUT2D eigenvalue weighted by atomic mass is 10.2. The molecule has 4 heteroatoms. The van der Waals surface area contributed by atoms with Crippen molar-refractivity contribution in [3.63, 3.8) is 0 Å². The highest BCUT2D eigenvalue weighted by Gasteiger charge is 2.04. The normalized spacial score (nSPS) is 10.5. The van der Waals surface area contributed by atoms with Crippen LogP contribution in [0.25, 0.3) is 0 Å². The molecule has 0 bridgehead atoms. The minimum Gasteiger partial charge on any atom is -0.399 e. The Balaban J connectivity index is 2.53. The molecule has 0 unspecified atom stereocenters. The highest BCUT2D eigenvalue weighted by Crippen LogP contribution is 2.16. The van der Waals surface area contributed by atoms with Gasteiger partial charge < -0.3 is 15.8 Å². The van der Waals surface area contributed by atoms with Crippen LogP contribution >= 0.6 is 0 Å². The van der Waals surface area contributed by atoms with E-state index in [1.807, 2.05) is 26.8 Å². The number of anilines is 2. The second-order valence-corrected chi connectivity index (χ2v) is 3.98. The second-order valence-electron chi connectivity index (χ2n) is 3.98. The van der Waals surface area contributed by atoms with Gasteiger partial charge in [-0.15, -0.1) is 0 Å². The first-order valence-corrected chi connectivity index (χ1v) is 5.26. The van der Waals surface area contributed by atoms with Crippen LogP contribution in [0, 0.1) is 6.92 Å². The van der Waals surface area contributed by atoms with Gasteiger partial charge in [-0.3, -0.25) is 4.79 Å². The Kier molecular flexibility index (Phi) is 4.31. The van der Waals surface area contributed by atoms with Crippen molar-refractivity contribution in [2.45, 2.75) is 26.9 Å². The molecular weight excluding hydrogens is 204 g/mol. The fourth-order valence-electron chi connectivity index (χ4n) is 1.19. The molecule has 0 aliphatic carbocycles. The molecule has 0 atom stereocenters. The first kappa shape index (κ1) is 12.5. The number of carbonyl (C=O) groups is 1. The highest BCUT2D eigenvalue weighted by molar-refractivity contribution is 5.92. The fraction of sp³-hybridized carbons (Fsp3) is 0.417. The van der Waals surface area contributed by atoms with Gasteiger partial charge in [-0.2, -0.15) is 0 Å². The number of hydrogen-bond donors (Lipinski definition) is 2. The number of benzene rings is 1. The number of aryl methyl sites for hydroxylation is 1. The molecule has 0 fully saturated rings. The van der Waals surface area contributed by atoms with E-state index >= 15 is 0 Å². The molecule has 88 valence electrons. The van der Waals surface area contributed by atoms with Gasteiger partial charge in [-0.05, 0) is 44.5 Å². The predicted octanol–water partition coefficient (Wildman–Crippen LogP) is 1.94. The summed E-state index contributed by atoms with van der Waals surface area (Å²) >= 11 is 0. The van der Waals surface area contributed by atoms with Crippen molar-refractivity contribution in [1.82, 2.24) is 0 Å². The molecule has 1 rings (SSSR count). The standard InChI is InChI=1S/C12H18N2O2/c1-8(2)16-7-12(15)14-10-4-5-11(13)9(3)6-10/h4-6,8H,7,13H2,1-3H3,(H,14,15). The molecule has 1 amide bonds. The van der Waals surface area contributed by atoms with E-state index in [9.17, 15) is 4.79 Å². The molecule has 4 nitrogen and oxygen atoms in total. The van der Waals surface area contributed by atoms with Gasteiger partial charge in [0.1, 0.15) is 6.61 Å². The first-order valence-electron chi connectivity index (χ1n) is 5.26. The van der Waals surface area contributed by atoms with Crippen molar-refractivity contribution < 1.29 is 9.53 Å². The lowest BCUT2D eigenvalue weighted by Gasteiger charge is -2.09. The third kappa shape index (κ3) is 3.90. The monoisotopic (exact) mass is 222 g/mol. The lowest BCUT2D eigenvalue weighted by molar-refractivity contribution is -0.121. The van der Waals surface area contributed by atoms with Gasteiger partial charge in [-0.1, -0.05) is 0 Å². The Labute approximate surface area is 95.8 Å². The van der Waals surface area contributed by atoms with Gasteiger partial charge in [0.2, 0.25) is 5.91 Å². The van der Waals surface area contributed by atoms with Gasteiger partial charge in [-0.25, -0.2) is 0 Å². The predicted molar refractivity (Wildman–Crippen MR) is 65.3 cm³/mol. The minimum absolute atomic E-state index is 0.0545. The largest absolute Gasteiger partial charge is 0.399 e. The van der Waals surface area contributed by atoms with Crippen LogP contribution in [0.4, 0.5) is 11.4 Å². The summed E-state index contributed by atoms with van der Waals surface area (Å²) in [5.74, 6) is -0.155. The summed E-state index contributed by atoms with van der Waals surface area (Å²) in [5, 5.41) is 2.75. The van der Waals surface area contributed by atoms with Crippen LogP contribution in [0.3, 0.4) is 0 Å². The molecule has 0 aliphatic rings. The first-order chi connectivity index (χ1) is 7.49. The molecule has 0 saturated carbocycles. The fourth-order valence-corrected chi connectivity index (χ4v) is 1.19. The van der Waals surface area contributed by atoms with Gasteiger partial charge in [0.05, 0.1) is 6.10 Å². The third-order valence-electron chi connectivity index (χ3n) is 2.10. The smallest absolute Gasteiger partial charge is 0.250 e. The number of carbonyl (C=O) groups excluding carboxylic acids is 1. The number of nitrogen functional groups attached to an aromatic ring is 1. The number of nitrogens with one attached hydrogen (secondary N) is 1. The van der Waals surface area contributed by atoms with Crippen molar-refractivity contribution in [2.24, 2.45) is 0 Å². The molecule has 1 aromatic rings. The van der Waals surface area contributed by atoms with E-state index in [1.165, 1.54) is 0 Å². The number of nitrogens with two attached hydrogens (primary N) is 1. The van der Waals surface area contributed by atoms with Crippen molar-refractivity contribution in [2.75, 3.05) is 17.7 Å². The van der Waals surface area contributed by atoms with Crippen molar-refractivity contribution >= 4 is 17.3 Å². The van der Waals surface area contributed by atoms with E-state index in [0.717, 1.165) is 16.9 Å². The Hall–Kier alpha value is -1.55. The lowest BCUT2D eigenvalue weighted by Crippen LogP contribution is -2.20. The minimum atomic E-state index is -0.155. The average molecular weight is 222 g/mol. The van der Waals surface area contributed by atoms with Crippen molar-refractivity contribution in [3.05, 3.63) is 23.8 Å². The van der Waals surface area contributed by atoms with Crippen molar-refractivity contribution in [1.29, 1.82) is 0 Å². The zero-order valence-electron chi connectivity index (χ0n) is 9.91. The molecule has 1 aromatic carbocycles. The molecule has 0 saturated heterocycles. The summed E-state index contributed by atoms with van der Waals surface area (Å²) in [6.07, 6.45) is 0.0545. The van der Waals surface area contributed by atoms with E-state index in [2.05, 4.69) is 5.32 Å². The van der Waals surface area contributed by atoms with Crippen LogP contribution in [0.2, 0.25) is 0 Å². The quantitative estimate of drug-likeness (QED) is 0.765. The summed E-state index contributed by atoms with van der Waals surface area (Å²) in [5.41, 5.74) is 8.09. The number of ether oxygens (including phenoxy) is 1. The van der Waals surface area contributed by atoms with Crippen LogP contribution in [-0.2, 0) is 9.53 Å². The Morgan fingerprint density at radius 1 is 1.50 bits per heavy atom. The highest BCUT2D eigenvalue weighted by atomic mass is 16.5.